The second kappa shape index (κ2) is 4.94. The highest BCUT2D eigenvalue weighted by Gasteiger charge is 2.15. The predicted octanol–water partition coefficient (Wildman–Crippen LogP) is 1.14. The maximum Gasteiger partial charge on any atom is 0.315 e. The summed E-state index contributed by atoms with van der Waals surface area (Å²) in [4.78, 5) is 19.9. The molecule has 0 spiro atoms. The summed E-state index contributed by atoms with van der Waals surface area (Å²) in [5.74, 6) is 2.38. The number of nitro groups is 1. The number of nitrogens with zero attached hydrogens (tertiary/aromatic N) is 1. The summed E-state index contributed by atoms with van der Waals surface area (Å²) in [5.41, 5.74) is 4.21. The zero-order valence-corrected chi connectivity index (χ0v) is 8.44. The Balaban J connectivity index is 3.15. The van der Waals surface area contributed by atoms with Gasteiger partial charge in [0.2, 0.25) is 0 Å². The first-order valence-corrected chi connectivity index (χ1v) is 4.36. The second-order valence-electron chi connectivity index (χ2n) is 3.02. The minimum Gasteiger partial charge on any atom is -0.481 e. The maximum absolute atomic E-state index is 13.3. The SMILES string of the molecule is Nc1cc(F)c(C#CCC(=O)O)cc1[N+](=O)[O-]. The third-order valence-electron chi connectivity index (χ3n) is 1.78. The Kier molecular flexibility index (Phi) is 3.62. The molecule has 0 fully saturated rings. The van der Waals surface area contributed by atoms with Crippen LogP contribution in [0.3, 0.4) is 0 Å². The van der Waals surface area contributed by atoms with E-state index in [1.54, 1.807) is 0 Å². The van der Waals surface area contributed by atoms with Crippen molar-refractivity contribution in [3.8, 4) is 11.8 Å². The van der Waals surface area contributed by atoms with Gasteiger partial charge >= 0.3 is 5.97 Å². The minimum absolute atomic E-state index is 0.257. The Morgan fingerprint density at radius 1 is 1.59 bits per heavy atom. The number of nitrogen functional groups attached to an aromatic ring is 1. The van der Waals surface area contributed by atoms with E-state index in [1.165, 1.54) is 0 Å². The van der Waals surface area contributed by atoms with Crippen LogP contribution in [0.25, 0.3) is 0 Å². The molecule has 3 N–H and O–H groups in total. The first kappa shape index (κ1) is 12.4. The van der Waals surface area contributed by atoms with Crippen LogP contribution < -0.4 is 5.73 Å². The van der Waals surface area contributed by atoms with E-state index in [0.717, 1.165) is 12.1 Å². The van der Waals surface area contributed by atoms with E-state index in [9.17, 15) is 19.3 Å². The average molecular weight is 238 g/mol. The predicted molar refractivity (Wildman–Crippen MR) is 56.6 cm³/mol. The van der Waals surface area contributed by atoms with Crippen molar-refractivity contribution in [3.05, 3.63) is 33.6 Å². The fourth-order valence-corrected chi connectivity index (χ4v) is 1.05. The number of anilines is 1. The highest BCUT2D eigenvalue weighted by Crippen LogP contribution is 2.24. The van der Waals surface area contributed by atoms with Crippen LogP contribution in [0, 0.1) is 27.8 Å². The minimum atomic E-state index is -1.16. The van der Waals surface area contributed by atoms with Gasteiger partial charge in [-0.15, -0.1) is 0 Å². The molecule has 0 heterocycles. The quantitative estimate of drug-likeness (QED) is 0.348. The van der Waals surface area contributed by atoms with Crippen molar-refractivity contribution >= 4 is 17.3 Å². The molecule has 1 rings (SSSR count). The number of carboxylic acid groups (broad SMARTS) is 1. The average Bonchev–Trinajstić information content (AvgIpc) is 2.20. The zero-order chi connectivity index (χ0) is 13.0. The van der Waals surface area contributed by atoms with Gasteiger partial charge in [-0.05, 0) is 0 Å². The fourth-order valence-electron chi connectivity index (χ4n) is 1.05. The molecule has 6 nitrogen and oxygen atoms in total. The van der Waals surface area contributed by atoms with Crippen LogP contribution in [0.5, 0.6) is 0 Å². The molecule has 88 valence electrons. The van der Waals surface area contributed by atoms with Crippen LogP contribution in [0.2, 0.25) is 0 Å². The molecule has 0 unspecified atom stereocenters. The lowest BCUT2D eigenvalue weighted by atomic mass is 10.1. The van der Waals surface area contributed by atoms with Crippen molar-refractivity contribution in [1.29, 1.82) is 0 Å². The van der Waals surface area contributed by atoms with Gasteiger partial charge in [-0.1, -0.05) is 11.8 Å². The molecule has 17 heavy (non-hydrogen) atoms. The van der Waals surface area contributed by atoms with E-state index in [2.05, 4.69) is 11.8 Å². The zero-order valence-electron chi connectivity index (χ0n) is 8.44. The molecule has 0 bridgehead atoms. The van der Waals surface area contributed by atoms with Gasteiger partial charge < -0.3 is 10.8 Å². The van der Waals surface area contributed by atoms with E-state index in [-0.39, 0.29) is 11.3 Å². The van der Waals surface area contributed by atoms with Gasteiger partial charge in [0, 0.05) is 12.1 Å². The summed E-state index contributed by atoms with van der Waals surface area (Å²) < 4.78 is 13.3. The number of carboxylic acids is 1. The Hall–Kier alpha value is -2.62. The molecule has 0 aliphatic rings. The summed E-state index contributed by atoms with van der Waals surface area (Å²) in [6.07, 6.45) is -0.475. The molecule has 0 atom stereocenters. The van der Waals surface area contributed by atoms with Crippen molar-refractivity contribution in [2.24, 2.45) is 0 Å². The van der Waals surface area contributed by atoms with Crippen molar-refractivity contribution in [1.82, 2.24) is 0 Å². The highest BCUT2D eigenvalue weighted by atomic mass is 19.1. The summed E-state index contributed by atoms with van der Waals surface area (Å²) in [7, 11) is 0. The summed E-state index contributed by atoms with van der Waals surface area (Å²) in [6.45, 7) is 0. The number of nitro benzene ring substituents is 1. The Morgan fingerprint density at radius 3 is 2.76 bits per heavy atom. The van der Waals surface area contributed by atoms with Gasteiger partial charge in [0.1, 0.15) is 17.9 Å². The largest absolute Gasteiger partial charge is 0.481 e. The Bertz CT molecular complexity index is 545. The molecule has 0 aliphatic carbocycles. The topological polar surface area (TPSA) is 106 Å². The number of benzene rings is 1. The molecule has 0 aliphatic heterocycles. The van der Waals surface area contributed by atoms with Gasteiger partial charge in [-0.2, -0.15) is 0 Å². The molecule has 0 saturated heterocycles. The van der Waals surface area contributed by atoms with E-state index in [0.29, 0.717) is 0 Å². The first-order valence-electron chi connectivity index (χ1n) is 4.36. The van der Waals surface area contributed by atoms with E-state index >= 15 is 0 Å². The van der Waals surface area contributed by atoms with Crippen LogP contribution in [0.1, 0.15) is 12.0 Å². The summed E-state index contributed by atoms with van der Waals surface area (Å²) in [5, 5.41) is 18.9. The van der Waals surface area contributed by atoms with Crippen LogP contribution in [0.15, 0.2) is 12.1 Å². The van der Waals surface area contributed by atoms with Gasteiger partial charge in [-0.25, -0.2) is 4.39 Å². The van der Waals surface area contributed by atoms with Gasteiger partial charge in [-0.3, -0.25) is 14.9 Å². The van der Waals surface area contributed by atoms with Crippen LogP contribution in [0.4, 0.5) is 15.8 Å². The van der Waals surface area contributed by atoms with E-state index in [1.807, 2.05) is 0 Å². The second-order valence-corrected chi connectivity index (χ2v) is 3.02. The van der Waals surface area contributed by atoms with Crippen LogP contribution in [-0.4, -0.2) is 16.0 Å². The number of nitrogens with two attached hydrogens (primary N) is 1. The molecule has 0 radical (unpaired) electrons. The van der Waals surface area contributed by atoms with E-state index < -0.39 is 28.8 Å². The third kappa shape index (κ3) is 3.17. The number of hydrogen-bond acceptors (Lipinski definition) is 4. The number of halogens is 1. The monoisotopic (exact) mass is 238 g/mol. The van der Waals surface area contributed by atoms with E-state index in [4.69, 9.17) is 10.8 Å². The fraction of sp³-hybridized carbons (Fsp3) is 0.100. The van der Waals surface area contributed by atoms with Gasteiger partial charge in [0.05, 0.1) is 10.5 Å². The molecular weight excluding hydrogens is 231 g/mol. The maximum atomic E-state index is 13.3. The molecular formula is C10H7FN2O4. The highest BCUT2D eigenvalue weighted by molar-refractivity contribution is 5.70. The standard InChI is InChI=1S/C10H7FN2O4/c11-7-5-8(12)9(13(16)17)4-6(7)2-1-3-10(14)15/h4-5H,3,12H2,(H,14,15). The molecule has 0 amide bonds. The lowest BCUT2D eigenvalue weighted by molar-refractivity contribution is -0.384. The molecule has 1 aromatic carbocycles. The molecule has 0 saturated carbocycles. The number of aliphatic carboxylic acids is 1. The third-order valence-corrected chi connectivity index (χ3v) is 1.78. The van der Waals surface area contributed by atoms with Gasteiger partial charge in [0.15, 0.2) is 0 Å². The molecule has 1 aromatic rings. The van der Waals surface area contributed by atoms with Crippen molar-refractivity contribution in [2.75, 3.05) is 5.73 Å². The van der Waals surface area contributed by atoms with Crippen LogP contribution in [-0.2, 0) is 4.79 Å². The summed E-state index contributed by atoms with van der Waals surface area (Å²) in [6, 6.07) is 1.66. The first-order chi connectivity index (χ1) is 7.91. The Labute approximate surface area is 95.0 Å². The van der Waals surface area contributed by atoms with Crippen LogP contribution >= 0.6 is 0 Å². The lowest BCUT2D eigenvalue weighted by Gasteiger charge is -1.99. The van der Waals surface area contributed by atoms with Crippen molar-refractivity contribution < 1.29 is 19.2 Å². The number of rotatable bonds is 2. The lowest BCUT2D eigenvalue weighted by Crippen LogP contribution is -1.98. The molecule has 0 aromatic heterocycles. The number of hydrogen-bond donors (Lipinski definition) is 2. The Morgan fingerprint density at radius 2 is 2.24 bits per heavy atom. The van der Waals surface area contributed by atoms with Gasteiger partial charge in [0.25, 0.3) is 5.69 Å². The summed E-state index contributed by atoms with van der Waals surface area (Å²) >= 11 is 0. The smallest absolute Gasteiger partial charge is 0.315 e. The number of carbonyl (C=O) groups is 1. The van der Waals surface area contributed by atoms with Crippen molar-refractivity contribution in [2.45, 2.75) is 6.42 Å². The van der Waals surface area contributed by atoms with Crippen molar-refractivity contribution in [3.63, 3.8) is 0 Å². The molecule has 7 heteroatoms. The normalized spacial score (nSPS) is 9.24.